The number of hydrogen-bond acceptors (Lipinski definition) is 4. The number of halogens is 4. The summed E-state index contributed by atoms with van der Waals surface area (Å²) in [4.78, 5) is 18.9. The minimum absolute atomic E-state index is 0.0668. The Balaban J connectivity index is 1.76. The molecule has 3 fully saturated rings. The first-order chi connectivity index (χ1) is 11.2. The second kappa shape index (κ2) is 4.34. The number of nitrogens with zero attached hydrogens (tertiary/aromatic N) is 3. The number of aromatic nitrogens is 3. The van der Waals surface area contributed by atoms with Gasteiger partial charge in [0.1, 0.15) is 11.5 Å². The van der Waals surface area contributed by atoms with E-state index in [0.717, 1.165) is 6.07 Å². The fourth-order valence-electron chi connectivity index (χ4n) is 3.71. The molecule has 0 amide bonds. The highest BCUT2D eigenvalue weighted by Crippen LogP contribution is 2.67. The average molecular weight is 340 g/mol. The number of nitrogen functional groups attached to an aromatic ring is 1. The van der Waals surface area contributed by atoms with Crippen LogP contribution in [0.5, 0.6) is 0 Å². The van der Waals surface area contributed by atoms with E-state index in [2.05, 4.69) is 9.97 Å². The minimum atomic E-state index is -4.64. The number of imidazole rings is 1. The predicted molar refractivity (Wildman–Crippen MR) is 75.9 cm³/mol. The lowest BCUT2D eigenvalue weighted by Crippen LogP contribution is -2.70. The maximum atomic E-state index is 13.7. The van der Waals surface area contributed by atoms with E-state index >= 15 is 0 Å². The van der Waals surface area contributed by atoms with Gasteiger partial charge in [-0.05, 0) is 6.07 Å². The van der Waals surface area contributed by atoms with E-state index in [1.807, 2.05) is 0 Å². The van der Waals surface area contributed by atoms with E-state index in [1.165, 1.54) is 12.4 Å². The summed E-state index contributed by atoms with van der Waals surface area (Å²) >= 11 is 0. The Labute approximate surface area is 133 Å². The Morgan fingerprint density at radius 1 is 1.29 bits per heavy atom. The van der Waals surface area contributed by atoms with E-state index in [-0.39, 0.29) is 17.1 Å². The van der Waals surface area contributed by atoms with Gasteiger partial charge in [0.15, 0.2) is 12.1 Å². The van der Waals surface area contributed by atoms with Gasteiger partial charge in [0.25, 0.3) is 0 Å². The molecule has 2 aromatic heterocycles. The fourth-order valence-corrected chi connectivity index (χ4v) is 3.71. The van der Waals surface area contributed by atoms with Gasteiger partial charge in [-0.1, -0.05) is 0 Å². The molecule has 0 atom stereocenters. The van der Waals surface area contributed by atoms with Gasteiger partial charge in [-0.2, -0.15) is 13.2 Å². The topological polar surface area (TPSA) is 73.8 Å². The van der Waals surface area contributed by atoms with Crippen molar-refractivity contribution >= 4 is 12.1 Å². The van der Waals surface area contributed by atoms with E-state index in [4.69, 9.17) is 5.73 Å². The summed E-state index contributed by atoms with van der Waals surface area (Å²) in [6, 6.07) is 0.849. The molecule has 9 heteroatoms. The monoisotopic (exact) mass is 340 g/mol. The first kappa shape index (κ1) is 15.1. The van der Waals surface area contributed by atoms with Crippen LogP contribution in [0.25, 0.3) is 11.3 Å². The molecule has 0 radical (unpaired) electrons. The molecule has 3 saturated carbocycles. The molecule has 2 aromatic rings. The quantitative estimate of drug-likeness (QED) is 0.689. The number of carbonyl (C=O) groups is 1. The van der Waals surface area contributed by atoms with Crippen molar-refractivity contribution in [3.63, 3.8) is 0 Å². The maximum absolute atomic E-state index is 13.7. The number of hydrogen-bond donors (Lipinski definition) is 1. The van der Waals surface area contributed by atoms with Crippen LogP contribution in [0.2, 0.25) is 0 Å². The molecule has 0 spiro atoms. The summed E-state index contributed by atoms with van der Waals surface area (Å²) in [6.45, 7) is 0. The van der Waals surface area contributed by atoms with E-state index < -0.39 is 28.8 Å². The zero-order valence-corrected chi connectivity index (χ0v) is 12.3. The number of anilines is 1. The second-order valence-electron chi connectivity index (χ2n) is 6.53. The van der Waals surface area contributed by atoms with Crippen molar-refractivity contribution in [3.8, 4) is 11.3 Å². The lowest BCUT2D eigenvalue weighted by atomic mass is 9.47. The Morgan fingerprint density at radius 3 is 2.50 bits per heavy atom. The summed E-state index contributed by atoms with van der Waals surface area (Å²) in [5.41, 5.74) is 2.84. The third kappa shape index (κ3) is 1.96. The summed E-state index contributed by atoms with van der Waals surface area (Å²) in [5, 5.41) is 0. The molecule has 5 rings (SSSR count). The molecule has 5 nitrogen and oxygen atoms in total. The van der Waals surface area contributed by atoms with Gasteiger partial charge in [0, 0.05) is 37.2 Å². The van der Waals surface area contributed by atoms with Crippen molar-refractivity contribution in [3.05, 3.63) is 29.8 Å². The number of nitrogens with two attached hydrogens (primary N) is 1. The van der Waals surface area contributed by atoms with Crippen LogP contribution in [-0.4, -0.2) is 26.5 Å². The number of aldehydes is 1. The lowest BCUT2D eigenvalue weighted by molar-refractivity contribution is -0.198. The van der Waals surface area contributed by atoms with Gasteiger partial charge in [-0.3, -0.25) is 4.79 Å². The SMILES string of the molecule is Nc1ncc(-c2cn(C34CC(F)(C3)C4)c(C=O)n2)cc1C(F)(F)F. The number of rotatable bonds is 3. The summed E-state index contributed by atoms with van der Waals surface area (Å²) in [7, 11) is 0. The molecule has 3 aliphatic carbocycles. The van der Waals surface area contributed by atoms with Crippen LogP contribution in [0.15, 0.2) is 18.5 Å². The number of carbonyl (C=O) groups excluding carboxylic acids is 1. The molecule has 2 heterocycles. The normalized spacial score (nSPS) is 28.2. The third-order valence-electron chi connectivity index (χ3n) is 4.81. The molecule has 0 unspecified atom stereocenters. The van der Waals surface area contributed by atoms with Crippen molar-refractivity contribution in [1.82, 2.24) is 14.5 Å². The summed E-state index contributed by atoms with van der Waals surface area (Å²) in [6.07, 6.45) is -0.582. The largest absolute Gasteiger partial charge is 0.419 e. The average Bonchev–Trinajstić information content (AvgIpc) is 2.86. The van der Waals surface area contributed by atoms with Crippen LogP contribution in [-0.2, 0) is 11.7 Å². The third-order valence-corrected chi connectivity index (χ3v) is 4.81. The van der Waals surface area contributed by atoms with Crippen LogP contribution in [0.4, 0.5) is 23.4 Å². The van der Waals surface area contributed by atoms with Gasteiger partial charge < -0.3 is 10.3 Å². The summed E-state index contributed by atoms with van der Waals surface area (Å²) in [5.74, 6) is -0.558. The van der Waals surface area contributed by atoms with Crippen molar-refractivity contribution in [2.45, 2.75) is 36.6 Å². The van der Waals surface area contributed by atoms with Crippen molar-refractivity contribution in [2.24, 2.45) is 0 Å². The highest BCUT2D eigenvalue weighted by molar-refractivity contribution is 5.73. The highest BCUT2D eigenvalue weighted by Gasteiger charge is 2.70. The molecule has 0 saturated heterocycles. The molecular weight excluding hydrogens is 328 g/mol. The Kier molecular flexibility index (Phi) is 2.73. The molecule has 2 bridgehead atoms. The number of alkyl halides is 4. The number of pyridine rings is 1. The van der Waals surface area contributed by atoms with Crippen LogP contribution >= 0.6 is 0 Å². The van der Waals surface area contributed by atoms with E-state index in [9.17, 15) is 22.4 Å². The van der Waals surface area contributed by atoms with E-state index in [0.29, 0.717) is 25.5 Å². The highest BCUT2D eigenvalue weighted by atomic mass is 19.4. The molecule has 24 heavy (non-hydrogen) atoms. The van der Waals surface area contributed by atoms with E-state index in [1.54, 1.807) is 4.57 Å². The lowest BCUT2D eigenvalue weighted by Gasteiger charge is -2.66. The first-order valence-electron chi connectivity index (χ1n) is 7.23. The van der Waals surface area contributed by atoms with Gasteiger partial charge in [0.05, 0.1) is 16.8 Å². The molecule has 126 valence electrons. The van der Waals surface area contributed by atoms with Crippen LogP contribution < -0.4 is 5.73 Å². The fraction of sp³-hybridized carbons (Fsp3) is 0.400. The van der Waals surface area contributed by atoms with Crippen molar-refractivity contribution in [2.75, 3.05) is 5.73 Å². The Morgan fingerprint density at radius 2 is 1.96 bits per heavy atom. The van der Waals surface area contributed by atoms with Gasteiger partial charge in [-0.15, -0.1) is 0 Å². The molecule has 3 aliphatic rings. The maximum Gasteiger partial charge on any atom is 0.419 e. The summed E-state index contributed by atoms with van der Waals surface area (Å²) < 4.78 is 54.2. The molecular formula is C15H12F4N4O. The van der Waals surface area contributed by atoms with Crippen molar-refractivity contribution in [1.29, 1.82) is 0 Å². The van der Waals surface area contributed by atoms with Gasteiger partial charge in [0.2, 0.25) is 0 Å². The molecule has 2 N–H and O–H groups in total. The molecule has 0 aromatic carbocycles. The Hall–Kier alpha value is -2.45. The minimum Gasteiger partial charge on any atom is -0.383 e. The zero-order chi connectivity index (χ0) is 17.3. The standard InChI is InChI=1S/C15H12F4N4O/c16-13-5-14(6-13,7-13)23-3-10(22-11(23)4-24)8-1-9(15(17,18)19)12(20)21-2-8/h1-4H,5-7H2,(H2,20,21). The van der Waals surface area contributed by atoms with Crippen LogP contribution in [0.1, 0.15) is 35.4 Å². The second-order valence-corrected chi connectivity index (χ2v) is 6.53. The van der Waals surface area contributed by atoms with Crippen LogP contribution in [0, 0.1) is 0 Å². The predicted octanol–water partition coefficient (Wildman–Crippen LogP) is 2.96. The van der Waals surface area contributed by atoms with Crippen LogP contribution in [0.3, 0.4) is 0 Å². The zero-order valence-electron chi connectivity index (χ0n) is 12.3. The first-order valence-corrected chi connectivity index (χ1v) is 7.23. The van der Waals surface area contributed by atoms with Gasteiger partial charge in [-0.25, -0.2) is 14.4 Å². The molecule has 0 aliphatic heterocycles. The van der Waals surface area contributed by atoms with Gasteiger partial charge >= 0.3 is 6.18 Å². The smallest absolute Gasteiger partial charge is 0.383 e. The Bertz CT molecular complexity index is 838. The van der Waals surface area contributed by atoms with Crippen molar-refractivity contribution < 1.29 is 22.4 Å².